The Morgan fingerprint density at radius 2 is 1.64 bits per heavy atom. The molecule has 0 aliphatic rings. The van der Waals surface area contributed by atoms with Gasteiger partial charge in [0.05, 0.1) is 18.8 Å². The van der Waals surface area contributed by atoms with Crippen LogP contribution in [0, 0.1) is 0 Å². The van der Waals surface area contributed by atoms with Crippen molar-refractivity contribution in [2.24, 2.45) is 5.73 Å². The number of hydrogen-bond acceptors (Lipinski definition) is 4. The molecule has 1 atom stereocenters. The fourth-order valence-electron chi connectivity index (χ4n) is 3.07. The maximum absolute atomic E-state index is 13.6. The average Bonchev–Trinajstić information content (AvgIpc) is 2.80. The number of halogens is 3. The minimum absolute atomic E-state index is 0.0465. The number of rotatable bonds is 8. The number of carbonyl (C=O) groups excluding carboxylic acids is 1. The smallest absolute Gasteiger partial charge is 0.420 e. The summed E-state index contributed by atoms with van der Waals surface area (Å²) >= 11 is 0. The summed E-state index contributed by atoms with van der Waals surface area (Å²) in [6, 6.07) is 20.8. The number of carbonyl (C=O) groups is 1. The largest absolute Gasteiger partial charge is 0.493 e. The number of benzene rings is 3. The van der Waals surface area contributed by atoms with Crippen LogP contribution in [-0.2, 0) is 17.4 Å². The van der Waals surface area contributed by atoms with Crippen molar-refractivity contribution in [3.63, 3.8) is 0 Å². The Kier molecular flexibility index (Phi) is 7.40. The van der Waals surface area contributed by atoms with E-state index in [1.807, 2.05) is 54.6 Å². The highest BCUT2D eigenvalue weighted by atomic mass is 19.4. The molecule has 1 amide bonds. The van der Waals surface area contributed by atoms with Gasteiger partial charge >= 0.3 is 6.18 Å². The fraction of sp³-hybridized carbons (Fsp3) is 0.240. The van der Waals surface area contributed by atoms with Crippen LogP contribution in [0.3, 0.4) is 0 Å². The van der Waals surface area contributed by atoms with Gasteiger partial charge in [0.2, 0.25) is 5.91 Å². The summed E-state index contributed by atoms with van der Waals surface area (Å²) in [6.45, 7) is 0.667. The predicted molar refractivity (Wildman–Crippen MR) is 121 cm³/mol. The number of nitrogens with one attached hydrogen (secondary N) is 1. The van der Waals surface area contributed by atoms with Gasteiger partial charge in [-0.25, -0.2) is 0 Å². The Morgan fingerprint density at radius 1 is 1.00 bits per heavy atom. The molecule has 3 rings (SSSR count). The lowest BCUT2D eigenvalue weighted by molar-refractivity contribution is -0.139. The van der Waals surface area contributed by atoms with Crippen LogP contribution in [0.2, 0.25) is 0 Å². The van der Waals surface area contributed by atoms with E-state index < -0.39 is 29.8 Å². The van der Waals surface area contributed by atoms with Gasteiger partial charge in [-0.15, -0.1) is 0 Å². The molecule has 0 spiro atoms. The van der Waals surface area contributed by atoms with E-state index >= 15 is 0 Å². The van der Waals surface area contributed by atoms with Crippen LogP contribution in [-0.4, -0.2) is 29.8 Å². The summed E-state index contributed by atoms with van der Waals surface area (Å²) in [4.78, 5) is 12.0. The fourth-order valence-corrected chi connectivity index (χ4v) is 3.07. The summed E-state index contributed by atoms with van der Waals surface area (Å²) in [7, 11) is 0. The zero-order valence-electron chi connectivity index (χ0n) is 18.0. The quantitative estimate of drug-likeness (QED) is 0.459. The van der Waals surface area contributed by atoms with Gasteiger partial charge in [0.1, 0.15) is 11.3 Å². The predicted octanol–water partition coefficient (Wildman–Crippen LogP) is 4.64. The van der Waals surface area contributed by atoms with Crippen LogP contribution in [0.15, 0.2) is 72.8 Å². The summed E-state index contributed by atoms with van der Waals surface area (Å²) in [5.74, 6) is -1.13. The highest BCUT2D eigenvalue weighted by Gasteiger charge is 2.35. The molecule has 33 heavy (non-hydrogen) atoms. The number of amides is 1. The van der Waals surface area contributed by atoms with E-state index in [0.29, 0.717) is 6.42 Å². The molecule has 0 aromatic heterocycles. The van der Waals surface area contributed by atoms with E-state index in [1.54, 1.807) is 0 Å². The molecule has 8 heteroatoms. The van der Waals surface area contributed by atoms with Crippen LogP contribution < -0.4 is 15.8 Å². The van der Waals surface area contributed by atoms with Crippen LogP contribution in [0.25, 0.3) is 11.1 Å². The molecule has 0 saturated carbocycles. The monoisotopic (exact) mass is 458 g/mol. The maximum Gasteiger partial charge on any atom is 0.420 e. The molecule has 174 valence electrons. The van der Waals surface area contributed by atoms with Crippen molar-refractivity contribution in [2.45, 2.75) is 25.1 Å². The van der Waals surface area contributed by atoms with Crippen LogP contribution in [0.4, 0.5) is 18.9 Å². The van der Waals surface area contributed by atoms with Crippen molar-refractivity contribution in [1.29, 1.82) is 0 Å². The van der Waals surface area contributed by atoms with Gasteiger partial charge in [0, 0.05) is 12.1 Å². The molecule has 3 aromatic rings. The first-order valence-corrected chi connectivity index (χ1v) is 10.3. The summed E-state index contributed by atoms with van der Waals surface area (Å²) in [5, 5.41) is 11.4. The van der Waals surface area contributed by atoms with Crippen molar-refractivity contribution in [2.75, 3.05) is 18.5 Å². The van der Waals surface area contributed by atoms with Gasteiger partial charge < -0.3 is 20.9 Å². The zero-order chi connectivity index (χ0) is 24.1. The number of anilines is 1. The second kappa shape index (κ2) is 10.1. The highest BCUT2D eigenvalue weighted by Crippen LogP contribution is 2.38. The minimum Gasteiger partial charge on any atom is -0.493 e. The third kappa shape index (κ3) is 6.34. The van der Waals surface area contributed by atoms with E-state index in [1.165, 1.54) is 13.0 Å². The van der Waals surface area contributed by atoms with Crippen molar-refractivity contribution >= 4 is 11.6 Å². The number of nitrogens with two attached hydrogens (primary N) is 1. The van der Waals surface area contributed by atoms with Gasteiger partial charge in [-0.05, 0) is 41.8 Å². The normalized spacial score (nSPS) is 13.3. The van der Waals surface area contributed by atoms with E-state index in [2.05, 4.69) is 5.32 Å². The van der Waals surface area contributed by atoms with E-state index in [-0.39, 0.29) is 18.0 Å². The molecule has 5 nitrogen and oxygen atoms in total. The minimum atomic E-state index is -4.68. The maximum atomic E-state index is 13.6. The number of alkyl halides is 3. The van der Waals surface area contributed by atoms with Gasteiger partial charge in [-0.1, -0.05) is 54.6 Å². The van der Waals surface area contributed by atoms with Crippen LogP contribution in [0.1, 0.15) is 18.1 Å². The Labute approximate surface area is 190 Å². The molecule has 4 N–H and O–H groups in total. The molecular formula is C25H25F3N2O3. The Balaban J connectivity index is 1.67. The molecule has 0 bridgehead atoms. The van der Waals surface area contributed by atoms with E-state index in [0.717, 1.165) is 28.8 Å². The number of aliphatic hydroxyl groups is 1. The van der Waals surface area contributed by atoms with E-state index in [4.69, 9.17) is 15.6 Å². The third-order valence-corrected chi connectivity index (χ3v) is 5.10. The molecular weight excluding hydrogens is 433 g/mol. The van der Waals surface area contributed by atoms with Gasteiger partial charge in [0.25, 0.3) is 0 Å². The van der Waals surface area contributed by atoms with Crippen molar-refractivity contribution in [1.82, 2.24) is 0 Å². The molecule has 0 aliphatic heterocycles. The first-order chi connectivity index (χ1) is 15.6. The number of hydrogen-bond donors (Lipinski definition) is 3. The topological polar surface area (TPSA) is 84.6 Å². The highest BCUT2D eigenvalue weighted by molar-refractivity contribution is 5.97. The summed E-state index contributed by atoms with van der Waals surface area (Å²) < 4.78 is 46.1. The first kappa shape index (κ1) is 24.3. The summed E-state index contributed by atoms with van der Waals surface area (Å²) in [6.07, 6.45) is -4.26. The second-order valence-corrected chi connectivity index (χ2v) is 7.90. The zero-order valence-corrected chi connectivity index (χ0v) is 18.0. The lowest BCUT2D eigenvalue weighted by Gasteiger charge is -2.21. The van der Waals surface area contributed by atoms with Gasteiger partial charge in [0.15, 0.2) is 0 Å². The molecule has 0 fully saturated rings. The van der Waals surface area contributed by atoms with Gasteiger partial charge in [-0.2, -0.15) is 13.2 Å². The Hall–Kier alpha value is -3.36. The molecule has 3 aromatic carbocycles. The van der Waals surface area contributed by atoms with Crippen LogP contribution >= 0.6 is 0 Å². The molecule has 0 heterocycles. The summed E-state index contributed by atoms with van der Waals surface area (Å²) in [5.41, 5.74) is 5.94. The van der Waals surface area contributed by atoms with Crippen molar-refractivity contribution in [3.8, 4) is 16.9 Å². The van der Waals surface area contributed by atoms with Crippen molar-refractivity contribution < 1.29 is 27.8 Å². The Morgan fingerprint density at radius 3 is 2.24 bits per heavy atom. The second-order valence-electron chi connectivity index (χ2n) is 7.90. The van der Waals surface area contributed by atoms with E-state index in [9.17, 15) is 18.0 Å². The molecule has 0 unspecified atom stereocenters. The average molecular weight is 458 g/mol. The number of ether oxygens (including phenoxy) is 1. The molecule has 0 aliphatic carbocycles. The third-order valence-electron chi connectivity index (χ3n) is 5.10. The molecule has 0 radical (unpaired) electrons. The van der Waals surface area contributed by atoms with Crippen LogP contribution in [0.5, 0.6) is 5.75 Å². The first-order valence-electron chi connectivity index (χ1n) is 10.3. The number of aliphatic hydroxyl groups excluding tert-OH is 1. The SMILES string of the molecule is C[C@](N)(CO)C(=O)Nc1ccc(OCCc2ccc(-c3ccccc3)cc2)c(C(F)(F)F)c1. The lowest BCUT2D eigenvalue weighted by atomic mass is 10.0. The molecule has 0 saturated heterocycles. The standard InChI is InChI=1S/C25H25F3N2O3/c1-24(29,16-31)23(32)30-20-11-12-22(21(15-20)25(26,27)28)33-14-13-17-7-9-19(10-8-17)18-5-3-2-4-6-18/h2-12,15,31H,13-14,16,29H2,1H3,(H,30,32)/t24-/m0/s1. The lowest BCUT2D eigenvalue weighted by Crippen LogP contribution is -2.51. The van der Waals surface area contributed by atoms with Crippen molar-refractivity contribution in [3.05, 3.63) is 83.9 Å². The van der Waals surface area contributed by atoms with Gasteiger partial charge in [-0.3, -0.25) is 4.79 Å². The Bertz CT molecular complexity index is 1080.